The van der Waals surface area contributed by atoms with Crippen LogP contribution in [0.4, 0.5) is 0 Å². The number of nitrogens with zero attached hydrogens (tertiary/aromatic N) is 3. The van der Waals surface area contributed by atoms with Gasteiger partial charge in [-0.25, -0.2) is 9.97 Å². The highest BCUT2D eigenvalue weighted by molar-refractivity contribution is 6.30. The van der Waals surface area contributed by atoms with Gasteiger partial charge in [-0.3, -0.25) is 9.36 Å². The smallest absolute Gasteiger partial charge is 0.289 e. The topological polar surface area (TPSA) is 57.0 Å². The van der Waals surface area contributed by atoms with E-state index in [9.17, 15) is 4.79 Å². The van der Waals surface area contributed by atoms with Crippen molar-refractivity contribution < 1.29 is 4.74 Å². The number of fused-ring (bicyclic) bond motifs is 1. The van der Waals surface area contributed by atoms with E-state index in [4.69, 9.17) is 27.9 Å². The molecule has 0 bridgehead atoms. The summed E-state index contributed by atoms with van der Waals surface area (Å²) >= 11 is 11.6. The lowest BCUT2D eigenvalue weighted by Gasteiger charge is -2.08. The molecule has 0 aliphatic rings. The summed E-state index contributed by atoms with van der Waals surface area (Å²) in [6.45, 7) is 4.73. The Labute approximate surface area is 121 Å². The van der Waals surface area contributed by atoms with Crippen LogP contribution in [-0.4, -0.2) is 28.3 Å². The first kappa shape index (κ1) is 15.9. The summed E-state index contributed by atoms with van der Waals surface area (Å²) < 4.78 is 6.34. The molecule has 0 radical (unpaired) electrons. The Morgan fingerprint density at radius 2 is 1.95 bits per heavy atom. The summed E-state index contributed by atoms with van der Waals surface area (Å²) in [5, 5.41) is 0.213. The first-order valence-corrected chi connectivity index (χ1v) is 6.60. The van der Waals surface area contributed by atoms with Gasteiger partial charge in [0.25, 0.3) is 5.56 Å². The van der Waals surface area contributed by atoms with Crippen LogP contribution in [0.2, 0.25) is 10.3 Å². The van der Waals surface area contributed by atoms with Gasteiger partial charge in [0.1, 0.15) is 10.7 Å². The minimum atomic E-state index is -0.397. The summed E-state index contributed by atoms with van der Waals surface area (Å²) in [5.41, 5.74) is 0.532. The van der Waals surface area contributed by atoms with Crippen LogP contribution in [0.3, 0.4) is 0 Å². The van der Waals surface area contributed by atoms with Crippen LogP contribution in [-0.2, 0) is 11.3 Å². The third-order valence-electron chi connectivity index (χ3n) is 2.24. The monoisotopic (exact) mass is 303 g/mol. The Morgan fingerprint density at radius 3 is 2.58 bits per heavy atom. The van der Waals surface area contributed by atoms with E-state index in [1.54, 1.807) is 19.2 Å². The summed E-state index contributed by atoms with van der Waals surface area (Å²) in [6.07, 6.45) is 0. The summed E-state index contributed by atoms with van der Waals surface area (Å²) in [5.74, 6) is 0. The molecule has 0 saturated heterocycles. The van der Waals surface area contributed by atoms with Crippen molar-refractivity contribution in [2.75, 3.05) is 13.7 Å². The van der Waals surface area contributed by atoms with Gasteiger partial charge in [0.05, 0.1) is 13.2 Å². The number of ether oxygens (including phenoxy) is 1. The largest absolute Gasteiger partial charge is 0.383 e. The Morgan fingerprint density at radius 1 is 1.26 bits per heavy atom. The quantitative estimate of drug-likeness (QED) is 0.818. The number of rotatable bonds is 3. The molecular formula is C12H15Cl2N3O2. The normalized spacial score (nSPS) is 10.2. The minimum Gasteiger partial charge on any atom is -0.383 e. The van der Waals surface area contributed by atoms with E-state index in [1.165, 1.54) is 4.57 Å². The maximum atomic E-state index is 11.8. The molecule has 2 rings (SSSR count). The van der Waals surface area contributed by atoms with Crippen LogP contribution in [0.15, 0.2) is 16.9 Å². The van der Waals surface area contributed by atoms with E-state index < -0.39 is 5.56 Å². The Kier molecular flexibility index (Phi) is 6.21. The van der Waals surface area contributed by atoms with Gasteiger partial charge >= 0.3 is 0 Å². The minimum absolute atomic E-state index is 0.0854. The van der Waals surface area contributed by atoms with E-state index in [0.29, 0.717) is 29.5 Å². The number of methoxy groups -OCH3 is 1. The Bertz CT molecular complexity index is 614. The van der Waals surface area contributed by atoms with E-state index >= 15 is 0 Å². The molecule has 0 unspecified atom stereocenters. The van der Waals surface area contributed by atoms with E-state index in [0.717, 1.165) is 0 Å². The average molecular weight is 304 g/mol. The zero-order valence-corrected chi connectivity index (χ0v) is 12.5. The summed E-state index contributed by atoms with van der Waals surface area (Å²) in [4.78, 5) is 19.9. The number of aromatic nitrogens is 3. The lowest BCUT2D eigenvalue weighted by atomic mass is 10.4. The fraction of sp³-hybridized carbons (Fsp3) is 0.417. The molecule has 0 fully saturated rings. The molecule has 0 N–H and O–H groups in total. The highest BCUT2D eigenvalue weighted by Gasteiger charge is 2.10. The van der Waals surface area contributed by atoms with Crippen molar-refractivity contribution >= 4 is 34.4 Å². The molecule has 0 aliphatic heterocycles. The van der Waals surface area contributed by atoms with E-state index in [-0.39, 0.29) is 5.15 Å². The molecule has 19 heavy (non-hydrogen) atoms. The van der Waals surface area contributed by atoms with Crippen molar-refractivity contribution in [2.45, 2.75) is 20.4 Å². The molecule has 2 heterocycles. The first-order chi connectivity index (χ1) is 9.13. The molecule has 5 nitrogen and oxygen atoms in total. The van der Waals surface area contributed by atoms with E-state index in [1.807, 2.05) is 13.8 Å². The van der Waals surface area contributed by atoms with Gasteiger partial charge in [0.2, 0.25) is 0 Å². The number of hydrogen-bond donors (Lipinski definition) is 0. The zero-order chi connectivity index (χ0) is 14.4. The first-order valence-electron chi connectivity index (χ1n) is 5.85. The lowest BCUT2D eigenvalue weighted by molar-refractivity contribution is 0.187. The predicted octanol–water partition coefficient (Wildman–Crippen LogP) is 2.77. The van der Waals surface area contributed by atoms with Crippen molar-refractivity contribution in [1.29, 1.82) is 0 Å². The molecule has 0 amide bonds. The second kappa shape index (κ2) is 7.43. The number of halogens is 2. The van der Waals surface area contributed by atoms with Crippen molar-refractivity contribution in [1.82, 2.24) is 14.5 Å². The highest BCUT2D eigenvalue weighted by atomic mass is 35.5. The maximum Gasteiger partial charge on any atom is 0.289 e. The van der Waals surface area contributed by atoms with Gasteiger partial charge in [-0.15, -0.1) is 0 Å². The van der Waals surface area contributed by atoms with Crippen LogP contribution in [0.25, 0.3) is 11.2 Å². The van der Waals surface area contributed by atoms with Crippen molar-refractivity contribution in [3.8, 4) is 0 Å². The standard InChI is InChI=1S/C10H9Cl2N3O2.C2H6/c1-17-5-4-15-9-6(2-3-7(11)14-9)13-8(12)10(15)16;1-2/h2-3H,4-5H2,1H3;1-2H3. The van der Waals surface area contributed by atoms with Crippen LogP contribution in [0.1, 0.15) is 13.8 Å². The van der Waals surface area contributed by atoms with Gasteiger partial charge in [0, 0.05) is 7.11 Å². The molecule has 7 heteroatoms. The van der Waals surface area contributed by atoms with Crippen molar-refractivity contribution in [3.63, 3.8) is 0 Å². The Balaban J connectivity index is 0.000000861. The molecule has 2 aromatic heterocycles. The average Bonchev–Trinajstić information content (AvgIpc) is 2.42. The molecule has 2 aromatic rings. The van der Waals surface area contributed by atoms with Crippen LogP contribution in [0, 0.1) is 0 Å². The fourth-order valence-electron chi connectivity index (χ4n) is 1.45. The molecule has 0 spiro atoms. The SMILES string of the molecule is CC.COCCn1c(=O)c(Cl)nc2ccc(Cl)nc21. The summed E-state index contributed by atoms with van der Waals surface area (Å²) in [7, 11) is 1.55. The highest BCUT2D eigenvalue weighted by Crippen LogP contribution is 2.13. The molecule has 104 valence electrons. The molecule has 0 aliphatic carbocycles. The van der Waals surface area contributed by atoms with Gasteiger partial charge in [-0.05, 0) is 12.1 Å². The van der Waals surface area contributed by atoms with Crippen LogP contribution < -0.4 is 5.56 Å². The van der Waals surface area contributed by atoms with Gasteiger partial charge in [0.15, 0.2) is 10.8 Å². The van der Waals surface area contributed by atoms with Crippen molar-refractivity contribution in [3.05, 3.63) is 32.8 Å². The second-order valence-electron chi connectivity index (χ2n) is 3.33. The van der Waals surface area contributed by atoms with Gasteiger partial charge < -0.3 is 4.74 Å². The third-order valence-corrected chi connectivity index (χ3v) is 2.69. The Hall–Kier alpha value is -1.17. The summed E-state index contributed by atoms with van der Waals surface area (Å²) in [6, 6.07) is 3.26. The van der Waals surface area contributed by atoms with Gasteiger partial charge in [-0.1, -0.05) is 37.0 Å². The molecule has 0 saturated carbocycles. The molecule has 0 atom stereocenters. The fourth-order valence-corrected chi connectivity index (χ4v) is 1.79. The zero-order valence-electron chi connectivity index (χ0n) is 11.0. The molecule has 0 aromatic carbocycles. The van der Waals surface area contributed by atoms with Gasteiger partial charge in [-0.2, -0.15) is 0 Å². The van der Waals surface area contributed by atoms with E-state index in [2.05, 4.69) is 9.97 Å². The predicted molar refractivity (Wildman–Crippen MR) is 77.0 cm³/mol. The van der Waals surface area contributed by atoms with Crippen LogP contribution in [0.5, 0.6) is 0 Å². The maximum absolute atomic E-state index is 11.8. The lowest BCUT2D eigenvalue weighted by Crippen LogP contribution is -2.24. The van der Waals surface area contributed by atoms with Crippen LogP contribution >= 0.6 is 23.2 Å². The third kappa shape index (κ3) is 3.65. The molecular weight excluding hydrogens is 289 g/mol. The number of pyridine rings is 1. The second-order valence-corrected chi connectivity index (χ2v) is 4.07. The number of hydrogen-bond acceptors (Lipinski definition) is 4. The van der Waals surface area contributed by atoms with Crippen molar-refractivity contribution in [2.24, 2.45) is 0 Å².